The average molecular weight is 303 g/mol. The first-order valence-electron chi connectivity index (χ1n) is 5.95. The number of amides is 1. The molecule has 0 aliphatic rings. The highest BCUT2D eigenvalue weighted by Gasteiger charge is 2.08. The van der Waals surface area contributed by atoms with Crippen LogP contribution in [0.4, 0.5) is 5.69 Å². The van der Waals surface area contributed by atoms with E-state index in [1.165, 1.54) is 12.1 Å². The standard InChI is InChI=1S/C14H11ClN4O2/c15-11-4-3-10(8-9(11)2-1-7-16)17-14(21)12-5-6-13(20)19-18-12/h3-6,8H,7,16H2,(H,17,21)(H,19,20). The van der Waals surface area contributed by atoms with Crippen molar-refractivity contribution in [2.24, 2.45) is 5.73 Å². The molecule has 1 aromatic heterocycles. The quantitative estimate of drug-likeness (QED) is 0.720. The lowest BCUT2D eigenvalue weighted by Crippen LogP contribution is -2.17. The first-order valence-corrected chi connectivity index (χ1v) is 6.33. The summed E-state index contributed by atoms with van der Waals surface area (Å²) in [7, 11) is 0. The molecule has 1 heterocycles. The topological polar surface area (TPSA) is 101 Å². The highest BCUT2D eigenvalue weighted by atomic mass is 35.5. The van der Waals surface area contributed by atoms with Gasteiger partial charge in [0.05, 0.1) is 11.6 Å². The summed E-state index contributed by atoms with van der Waals surface area (Å²) >= 11 is 5.99. The molecule has 2 rings (SSSR count). The Hall–Kier alpha value is -2.62. The number of nitrogens with zero attached hydrogens (tertiary/aromatic N) is 1. The van der Waals surface area contributed by atoms with Gasteiger partial charge < -0.3 is 11.1 Å². The summed E-state index contributed by atoms with van der Waals surface area (Å²) < 4.78 is 0. The third-order valence-corrected chi connectivity index (χ3v) is 2.79. The van der Waals surface area contributed by atoms with Crippen molar-refractivity contribution in [2.45, 2.75) is 0 Å². The number of nitrogens with one attached hydrogen (secondary N) is 2. The molecular formula is C14H11ClN4O2. The number of halogens is 1. The third kappa shape index (κ3) is 3.92. The van der Waals surface area contributed by atoms with E-state index in [4.69, 9.17) is 17.3 Å². The fourth-order valence-electron chi connectivity index (χ4n) is 1.51. The first-order chi connectivity index (χ1) is 10.1. The van der Waals surface area contributed by atoms with Crippen LogP contribution in [-0.4, -0.2) is 22.6 Å². The molecule has 2 aromatic rings. The molecule has 0 unspecified atom stereocenters. The maximum absolute atomic E-state index is 12.0. The van der Waals surface area contributed by atoms with Crippen molar-refractivity contribution in [3.05, 3.63) is 57.0 Å². The van der Waals surface area contributed by atoms with E-state index >= 15 is 0 Å². The lowest BCUT2D eigenvalue weighted by Gasteiger charge is -2.05. The van der Waals surface area contributed by atoms with Crippen LogP contribution in [0.3, 0.4) is 0 Å². The Bertz CT molecular complexity index is 769. The number of benzene rings is 1. The summed E-state index contributed by atoms with van der Waals surface area (Å²) in [5, 5.41) is 8.94. The fourth-order valence-corrected chi connectivity index (χ4v) is 1.68. The van der Waals surface area contributed by atoms with E-state index in [1.807, 2.05) is 0 Å². The van der Waals surface area contributed by atoms with Crippen molar-refractivity contribution in [3.8, 4) is 11.8 Å². The molecule has 106 valence electrons. The molecule has 0 aliphatic heterocycles. The number of hydrogen-bond acceptors (Lipinski definition) is 4. The number of hydrogen-bond donors (Lipinski definition) is 3. The lowest BCUT2D eigenvalue weighted by molar-refractivity contribution is 0.102. The van der Waals surface area contributed by atoms with Gasteiger partial charge in [0, 0.05) is 17.3 Å². The van der Waals surface area contributed by atoms with E-state index in [1.54, 1.807) is 18.2 Å². The third-order valence-electron chi connectivity index (χ3n) is 2.46. The van der Waals surface area contributed by atoms with Gasteiger partial charge in [-0.2, -0.15) is 5.10 Å². The highest BCUT2D eigenvalue weighted by Crippen LogP contribution is 2.20. The Morgan fingerprint density at radius 3 is 2.86 bits per heavy atom. The van der Waals surface area contributed by atoms with E-state index in [2.05, 4.69) is 27.4 Å². The zero-order chi connectivity index (χ0) is 15.2. The Labute approximate surface area is 125 Å². The SMILES string of the molecule is NCC#Cc1cc(NC(=O)c2ccc(=O)[nH]n2)ccc1Cl. The molecule has 0 spiro atoms. The molecule has 21 heavy (non-hydrogen) atoms. The number of H-pyrrole nitrogens is 1. The van der Waals surface area contributed by atoms with Crippen LogP contribution in [0.5, 0.6) is 0 Å². The molecule has 1 amide bonds. The van der Waals surface area contributed by atoms with Crippen LogP contribution in [0.1, 0.15) is 16.1 Å². The molecule has 4 N–H and O–H groups in total. The average Bonchev–Trinajstić information content (AvgIpc) is 2.48. The fraction of sp³-hybridized carbons (Fsp3) is 0.0714. The molecule has 1 aromatic carbocycles. The van der Waals surface area contributed by atoms with Crippen LogP contribution in [0.15, 0.2) is 35.1 Å². The molecule has 0 atom stereocenters. The van der Waals surface area contributed by atoms with Crippen molar-refractivity contribution in [1.29, 1.82) is 0 Å². The van der Waals surface area contributed by atoms with Crippen LogP contribution in [0, 0.1) is 11.8 Å². The number of aromatic nitrogens is 2. The van der Waals surface area contributed by atoms with Gasteiger partial charge in [0.25, 0.3) is 11.5 Å². The Morgan fingerprint density at radius 1 is 1.38 bits per heavy atom. The predicted molar refractivity (Wildman–Crippen MR) is 80.2 cm³/mol. The first kappa shape index (κ1) is 14.8. The largest absolute Gasteiger partial charge is 0.321 e. The van der Waals surface area contributed by atoms with Crippen molar-refractivity contribution >= 4 is 23.2 Å². The van der Waals surface area contributed by atoms with Gasteiger partial charge in [-0.15, -0.1) is 0 Å². The second-order valence-corrected chi connectivity index (χ2v) is 4.37. The number of carbonyl (C=O) groups excluding carboxylic acids is 1. The van der Waals surface area contributed by atoms with E-state index in [9.17, 15) is 9.59 Å². The monoisotopic (exact) mass is 302 g/mol. The van der Waals surface area contributed by atoms with Gasteiger partial charge in [0.2, 0.25) is 0 Å². The molecule has 0 bridgehead atoms. The zero-order valence-electron chi connectivity index (χ0n) is 10.8. The highest BCUT2D eigenvalue weighted by molar-refractivity contribution is 6.31. The summed E-state index contributed by atoms with van der Waals surface area (Å²) in [5.74, 6) is 5.05. The molecule has 0 radical (unpaired) electrons. The minimum absolute atomic E-state index is 0.0964. The number of anilines is 1. The normalized spacial score (nSPS) is 9.62. The van der Waals surface area contributed by atoms with E-state index in [0.29, 0.717) is 16.3 Å². The molecule has 0 saturated carbocycles. The summed E-state index contributed by atoms with van der Waals surface area (Å²) in [6, 6.07) is 7.45. The van der Waals surface area contributed by atoms with Crippen LogP contribution in [0.25, 0.3) is 0 Å². The van der Waals surface area contributed by atoms with Gasteiger partial charge in [-0.25, -0.2) is 5.10 Å². The minimum Gasteiger partial charge on any atom is -0.321 e. The number of rotatable bonds is 2. The maximum atomic E-state index is 12.0. The van der Waals surface area contributed by atoms with Crippen molar-refractivity contribution < 1.29 is 4.79 Å². The van der Waals surface area contributed by atoms with Crippen molar-refractivity contribution in [3.63, 3.8) is 0 Å². The van der Waals surface area contributed by atoms with Gasteiger partial charge in [-0.3, -0.25) is 9.59 Å². The van der Waals surface area contributed by atoms with E-state index in [-0.39, 0.29) is 17.8 Å². The summed E-state index contributed by atoms with van der Waals surface area (Å²) in [6.07, 6.45) is 0. The molecular weight excluding hydrogens is 292 g/mol. The molecule has 7 heteroatoms. The number of aromatic amines is 1. The van der Waals surface area contributed by atoms with Crippen LogP contribution in [0.2, 0.25) is 5.02 Å². The maximum Gasteiger partial charge on any atom is 0.276 e. The van der Waals surface area contributed by atoms with Crippen LogP contribution in [-0.2, 0) is 0 Å². The predicted octanol–water partition coefficient (Wildman–Crippen LogP) is 0.986. The molecule has 0 saturated heterocycles. The Morgan fingerprint density at radius 2 is 2.19 bits per heavy atom. The Balaban J connectivity index is 2.21. The van der Waals surface area contributed by atoms with Gasteiger partial charge in [0.15, 0.2) is 0 Å². The van der Waals surface area contributed by atoms with Crippen molar-refractivity contribution in [2.75, 3.05) is 11.9 Å². The molecule has 0 fully saturated rings. The second-order valence-electron chi connectivity index (χ2n) is 3.96. The number of carbonyl (C=O) groups is 1. The smallest absolute Gasteiger partial charge is 0.276 e. The van der Waals surface area contributed by atoms with E-state index in [0.717, 1.165) is 0 Å². The van der Waals surface area contributed by atoms with Gasteiger partial charge in [0.1, 0.15) is 5.69 Å². The summed E-state index contributed by atoms with van der Waals surface area (Å²) in [5.41, 5.74) is 6.11. The lowest BCUT2D eigenvalue weighted by atomic mass is 10.2. The van der Waals surface area contributed by atoms with Crippen molar-refractivity contribution in [1.82, 2.24) is 10.2 Å². The zero-order valence-corrected chi connectivity index (χ0v) is 11.6. The number of nitrogens with two attached hydrogens (primary N) is 1. The van der Waals surface area contributed by atoms with Crippen LogP contribution >= 0.6 is 11.6 Å². The molecule has 6 nitrogen and oxygen atoms in total. The summed E-state index contributed by atoms with van der Waals surface area (Å²) in [6.45, 7) is 0.216. The van der Waals surface area contributed by atoms with Crippen LogP contribution < -0.4 is 16.6 Å². The minimum atomic E-state index is -0.452. The molecule has 0 aliphatic carbocycles. The van der Waals surface area contributed by atoms with Gasteiger partial charge in [-0.1, -0.05) is 23.4 Å². The van der Waals surface area contributed by atoms with Gasteiger partial charge in [-0.05, 0) is 24.3 Å². The van der Waals surface area contributed by atoms with E-state index < -0.39 is 5.91 Å². The van der Waals surface area contributed by atoms with Gasteiger partial charge >= 0.3 is 0 Å². The second kappa shape index (κ2) is 6.70. The summed E-state index contributed by atoms with van der Waals surface area (Å²) in [4.78, 5) is 22.8. The Kier molecular flexibility index (Phi) is 4.72.